The number of hydrogen-bond donors (Lipinski definition) is 2. The van der Waals surface area contributed by atoms with Gasteiger partial charge in [-0.05, 0) is 73.6 Å². The number of aromatic nitrogens is 3. The molecule has 0 unspecified atom stereocenters. The minimum absolute atomic E-state index is 0.0807. The molecule has 1 aliphatic carbocycles. The van der Waals surface area contributed by atoms with Crippen molar-refractivity contribution >= 4 is 27.3 Å². The van der Waals surface area contributed by atoms with E-state index in [4.69, 9.17) is 14.7 Å². The molecule has 44 heavy (non-hydrogen) atoms. The molecule has 3 aromatic heterocycles. The van der Waals surface area contributed by atoms with Crippen LogP contribution in [0, 0.1) is 30.5 Å². The van der Waals surface area contributed by atoms with E-state index in [1.54, 1.807) is 10.7 Å². The van der Waals surface area contributed by atoms with Crippen molar-refractivity contribution < 1.29 is 27.1 Å². The molecule has 0 amide bonds. The van der Waals surface area contributed by atoms with Crippen LogP contribution >= 0.6 is 11.3 Å². The van der Waals surface area contributed by atoms with Gasteiger partial charge in [0.2, 0.25) is 15.2 Å². The summed E-state index contributed by atoms with van der Waals surface area (Å²) in [5.74, 6) is 5.98. The van der Waals surface area contributed by atoms with Crippen molar-refractivity contribution in [1.82, 2.24) is 14.8 Å². The second kappa shape index (κ2) is 11.8. The highest BCUT2D eigenvalue weighted by Crippen LogP contribution is 2.37. The van der Waals surface area contributed by atoms with Gasteiger partial charge < -0.3 is 9.52 Å². The zero-order valence-electron chi connectivity index (χ0n) is 23.6. The fraction of sp³-hybridized carbons (Fsp3) is 0.219. The fourth-order valence-electron chi connectivity index (χ4n) is 4.99. The SMILES string of the molecule is Cc1ccc(C#Cc2cccc(-c3nn(-c4nc(C(=O)O)cs4)c(CCC4CC4)c3Cc3ccc(S(N)(=O)=O)c(F)c3)c2)o1. The van der Waals surface area contributed by atoms with E-state index in [0.29, 0.717) is 34.5 Å². The number of aromatic carboxylic acids is 1. The van der Waals surface area contributed by atoms with Crippen LogP contribution in [0.25, 0.3) is 16.4 Å². The van der Waals surface area contributed by atoms with Crippen LogP contribution in [0.5, 0.6) is 0 Å². The summed E-state index contributed by atoms with van der Waals surface area (Å²) in [7, 11) is -4.23. The van der Waals surface area contributed by atoms with E-state index in [2.05, 4.69) is 16.8 Å². The standard InChI is InChI=1S/C32H27FN4O5S2/c1-19-5-11-24(42-19)12-8-21-3-2-4-23(15-21)30-25(16-22-10-14-29(26(33)17-22)44(34,40)41)28(13-9-20-6-7-20)37(36-30)32-35-27(18-43-32)31(38)39/h2-5,10-11,14-15,17-18,20H,6-7,9,13,16H2,1H3,(H,38,39)(H2,34,40,41). The average molecular weight is 631 g/mol. The number of aryl methyl sites for hydroxylation is 1. The maximum absolute atomic E-state index is 14.9. The molecule has 12 heteroatoms. The molecule has 0 radical (unpaired) electrons. The van der Waals surface area contributed by atoms with Gasteiger partial charge in [0.25, 0.3) is 0 Å². The molecule has 0 aliphatic heterocycles. The second-order valence-corrected chi connectivity index (χ2v) is 13.1. The van der Waals surface area contributed by atoms with Gasteiger partial charge in [0.05, 0.1) is 11.4 Å². The molecular formula is C32H27FN4O5S2. The molecule has 0 saturated heterocycles. The number of benzene rings is 2. The lowest BCUT2D eigenvalue weighted by atomic mass is 9.96. The van der Waals surface area contributed by atoms with Crippen molar-refractivity contribution in [1.29, 1.82) is 0 Å². The number of carboxylic acid groups (broad SMARTS) is 1. The summed E-state index contributed by atoms with van der Waals surface area (Å²) in [6.07, 6.45) is 4.07. The zero-order valence-corrected chi connectivity index (χ0v) is 25.2. The number of nitrogens with zero attached hydrogens (tertiary/aromatic N) is 3. The Morgan fingerprint density at radius 1 is 1.18 bits per heavy atom. The average Bonchev–Trinajstić information content (AvgIpc) is 3.33. The van der Waals surface area contributed by atoms with Gasteiger partial charge in [0, 0.05) is 28.5 Å². The number of halogens is 1. The predicted molar refractivity (Wildman–Crippen MR) is 163 cm³/mol. The topological polar surface area (TPSA) is 141 Å². The van der Waals surface area contributed by atoms with E-state index >= 15 is 0 Å². The van der Waals surface area contributed by atoms with Crippen LogP contribution in [0.2, 0.25) is 0 Å². The molecule has 9 nitrogen and oxygen atoms in total. The summed E-state index contributed by atoms with van der Waals surface area (Å²) in [5, 5.41) is 21.5. The Balaban J connectivity index is 1.49. The van der Waals surface area contributed by atoms with Crippen LogP contribution in [0.15, 0.2) is 69.3 Å². The minimum Gasteiger partial charge on any atom is -0.476 e. The summed E-state index contributed by atoms with van der Waals surface area (Å²) in [6.45, 7) is 1.85. The monoisotopic (exact) mass is 630 g/mol. The van der Waals surface area contributed by atoms with Crippen molar-refractivity contribution in [2.75, 3.05) is 0 Å². The molecule has 1 aliphatic rings. The quantitative estimate of drug-likeness (QED) is 0.199. The van der Waals surface area contributed by atoms with Crippen LogP contribution in [-0.2, 0) is 22.9 Å². The first-order valence-electron chi connectivity index (χ1n) is 13.9. The molecule has 5 aromatic rings. The summed E-state index contributed by atoms with van der Waals surface area (Å²) < 4.78 is 45.8. The number of furan rings is 1. The van der Waals surface area contributed by atoms with Crippen molar-refractivity contribution in [2.24, 2.45) is 11.1 Å². The lowest BCUT2D eigenvalue weighted by Gasteiger charge is -2.10. The fourth-order valence-corrected chi connectivity index (χ4v) is 6.35. The van der Waals surface area contributed by atoms with Crippen LogP contribution in [0.4, 0.5) is 4.39 Å². The van der Waals surface area contributed by atoms with Crippen LogP contribution in [0.3, 0.4) is 0 Å². The Hall–Kier alpha value is -4.57. The molecular weight excluding hydrogens is 604 g/mol. The van der Waals surface area contributed by atoms with Gasteiger partial charge in [-0.1, -0.05) is 37.0 Å². The van der Waals surface area contributed by atoms with Gasteiger partial charge >= 0.3 is 5.97 Å². The maximum atomic E-state index is 14.9. The summed E-state index contributed by atoms with van der Waals surface area (Å²) >= 11 is 1.17. The lowest BCUT2D eigenvalue weighted by Crippen LogP contribution is -2.14. The molecule has 6 rings (SSSR count). The summed E-state index contributed by atoms with van der Waals surface area (Å²) in [5.41, 5.74) is 4.16. The van der Waals surface area contributed by atoms with Crippen molar-refractivity contribution in [3.05, 3.63) is 105 Å². The number of rotatable bonds is 9. The number of hydrogen-bond acceptors (Lipinski definition) is 7. The number of thiazole rings is 1. The molecule has 224 valence electrons. The molecule has 0 spiro atoms. The van der Waals surface area contributed by atoms with Crippen LogP contribution in [0.1, 0.15) is 63.7 Å². The predicted octanol–water partition coefficient (Wildman–Crippen LogP) is 5.72. The smallest absolute Gasteiger partial charge is 0.355 e. The third-order valence-corrected chi connectivity index (χ3v) is 9.12. The Bertz CT molecular complexity index is 2060. The van der Waals surface area contributed by atoms with E-state index < -0.39 is 26.7 Å². The van der Waals surface area contributed by atoms with Crippen molar-refractivity contribution in [3.8, 4) is 28.2 Å². The van der Waals surface area contributed by atoms with Gasteiger partial charge in [-0.3, -0.25) is 0 Å². The van der Waals surface area contributed by atoms with E-state index in [9.17, 15) is 22.7 Å². The zero-order chi connectivity index (χ0) is 31.0. The normalized spacial score (nSPS) is 13.1. The minimum atomic E-state index is -4.23. The van der Waals surface area contributed by atoms with Gasteiger partial charge in [0.1, 0.15) is 16.5 Å². The number of sulfonamides is 1. The van der Waals surface area contributed by atoms with Gasteiger partial charge in [-0.15, -0.1) is 11.3 Å². The van der Waals surface area contributed by atoms with E-state index in [1.807, 2.05) is 37.3 Å². The van der Waals surface area contributed by atoms with Crippen molar-refractivity contribution in [3.63, 3.8) is 0 Å². The van der Waals surface area contributed by atoms with E-state index in [0.717, 1.165) is 47.4 Å². The first-order valence-corrected chi connectivity index (χ1v) is 16.3. The number of primary sulfonamides is 1. The summed E-state index contributed by atoms with van der Waals surface area (Å²) in [6, 6.07) is 15.1. The van der Waals surface area contributed by atoms with Gasteiger partial charge in [0.15, 0.2) is 11.5 Å². The lowest BCUT2D eigenvalue weighted by molar-refractivity contribution is 0.0691. The highest BCUT2D eigenvalue weighted by molar-refractivity contribution is 7.89. The number of nitrogens with two attached hydrogens (primary N) is 1. The Labute approximate surface area is 257 Å². The van der Waals surface area contributed by atoms with E-state index in [-0.39, 0.29) is 12.1 Å². The first kappa shape index (κ1) is 29.5. The third kappa shape index (κ3) is 6.50. The van der Waals surface area contributed by atoms with Crippen LogP contribution in [-0.4, -0.2) is 34.3 Å². The van der Waals surface area contributed by atoms with E-state index in [1.165, 1.54) is 34.9 Å². The highest BCUT2D eigenvalue weighted by Gasteiger charge is 2.27. The Morgan fingerprint density at radius 2 is 2.00 bits per heavy atom. The highest BCUT2D eigenvalue weighted by atomic mass is 32.2. The Kier molecular flexibility index (Phi) is 7.94. The Morgan fingerprint density at radius 3 is 2.66 bits per heavy atom. The molecule has 0 bridgehead atoms. The summed E-state index contributed by atoms with van der Waals surface area (Å²) in [4.78, 5) is 15.4. The largest absolute Gasteiger partial charge is 0.476 e. The van der Waals surface area contributed by atoms with Crippen molar-refractivity contribution in [2.45, 2.75) is 43.9 Å². The molecule has 1 fully saturated rings. The third-order valence-electron chi connectivity index (χ3n) is 7.36. The van der Waals surface area contributed by atoms with Gasteiger partial charge in [-0.2, -0.15) is 5.10 Å². The first-order chi connectivity index (χ1) is 21.0. The molecule has 3 N–H and O–H groups in total. The number of carbonyl (C=O) groups is 1. The molecule has 1 saturated carbocycles. The number of carboxylic acids is 1. The van der Waals surface area contributed by atoms with Crippen LogP contribution < -0.4 is 5.14 Å². The molecule has 0 atom stereocenters. The molecule has 2 aromatic carbocycles. The maximum Gasteiger partial charge on any atom is 0.355 e. The van der Waals surface area contributed by atoms with Gasteiger partial charge in [-0.25, -0.2) is 32.4 Å². The molecule has 3 heterocycles. The second-order valence-electron chi connectivity index (χ2n) is 10.7.